The van der Waals surface area contributed by atoms with Crippen LogP contribution in [0, 0.1) is 13.8 Å². The van der Waals surface area contributed by atoms with Crippen molar-refractivity contribution in [2.75, 3.05) is 91.0 Å². The summed E-state index contributed by atoms with van der Waals surface area (Å²) in [5.74, 6) is 0.869. The number of anilines is 6. The van der Waals surface area contributed by atoms with E-state index in [0.29, 0.717) is 70.7 Å². The fourth-order valence-electron chi connectivity index (χ4n) is 11.5. The molecule has 0 aliphatic rings. The molecule has 4 aromatic heterocycles. The third-order valence-corrected chi connectivity index (χ3v) is 18.4. The number of likely N-dealkylation sites (N-methyl/N-ethyl adjacent to an activating group) is 2. The van der Waals surface area contributed by atoms with Crippen LogP contribution >= 0.6 is 46.4 Å². The van der Waals surface area contributed by atoms with Crippen LogP contribution in [0.15, 0.2) is 181 Å². The molecule has 0 saturated carbocycles. The first kappa shape index (κ1) is 79.1. The number of aromatic nitrogens is 6. The third-order valence-electron chi connectivity index (χ3n) is 16.9. The Balaban J connectivity index is 0.000000245. The van der Waals surface area contributed by atoms with Crippen LogP contribution in [0.5, 0.6) is 23.0 Å². The SMILES string of the molecule is C=CC(=O)Cc1cccc(C)c1Nc1ncc2cc(-c3c(Cl)c(OC)cc(OC)c3Cl)c(=O)n(CCc3ccc(NC(=O)/C=C/CN(C)C)cc3)c2n1.C=CC(=O)Cc1cccc(C)c1Nc1ncc2cc(-c3c(Cl)c(OC)cc(OC)c3Cl)c(=O)n(CCc3cccc(NC(=O)/C=C/CN(C)C)c3)c2n1. The Hall–Kier alpha value is -11.0. The first-order valence-corrected chi connectivity index (χ1v) is 34.8. The molecule has 0 unspecified atom stereocenters. The molecule has 0 fully saturated rings. The van der Waals surface area contributed by atoms with Crippen LogP contribution in [0.1, 0.15) is 33.4 Å². The lowest BCUT2D eigenvalue weighted by molar-refractivity contribution is -0.114. The van der Waals surface area contributed by atoms with Gasteiger partial charge in [0, 0.05) is 120 Å². The largest absolute Gasteiger partial charge is 0.495 e. The molecule has 4 N–H and O–H groups in total. The highest BCUT2D eigenvalue weighted by atomic mass is 35.5. The number of hydrogen-bond acceptors (Lipinski definition) is 18. The van der Waals surface area contributed by atoms with E-state index in [1.54, 1.807) is 64.0 Å². The number of carbonyl (C=O) groups excluding carboxylic acids is 4. The molecule has 0 saturated heterocycles. The molecule has 6 aromatic carbocycles. The Morgan fingerprint density at radius 2 is 0.906 bits per heavy atom. The maximum absolute atomic E-state index is 14.6. The van der Waals surface area contributed by atoms with Crippen molar-refractivity contribution in [1.29, 1.82) is 0 Å². The standard InChI is InChI=1S/2C40H40Cl2N6O5/c1-7-29(49)20-26-13-8-11-24(2)37(26)45-40-43-23-27-21-30(34-35(41)31(52-5)22-32(53-6)36(34)42)39(51)48(38(27)46-40)18-16-25-12-9-14-28(19-25)44-33(50)15-10-17-47(3)4;1-7-29(49)20-26-11-8-10-24(2)37(26)45-40-43-23-27-21-30(34-35(41)31(52-5)22-32(53-6)36(34)42)39(51)48(38(27)46-40)19-17-25-13-15-28(16-14-25)44-33(50)12-9-18-47(3)4/h7-15,19,21-23H,1,16-18,20H2,2-6H3,(H,44,50)(H,43,45,46);7-16,21-23H,1,17-20H2,2-6H3,(H,44,50)(H,43,45,46)/b15-10+;12-9+. The van der Waals surface area contributed by atoms with E-state index < -0.39 is 11.1 Å². The van der Waals surface area contributed by atoms with E-state index in [4.69, 9.17) is 75.3 Å². The van der Waals surface area contributed by atoms with E-state index in [9.17, 15) is 28.8 Å². The Bertz CT molecular complexity index is 5140. The molecule has 0 aliphatic heterocycles. The maximum atomic E-state index is 14.6. The minimum atomic E-state index is -0.412. The van der Waals surface area contributed by atoms with Crippen molar-refractivity contribution in [2.24, 2.45) is 0 Å². The average Bonchev–Trinajstić information content (AvgIpc) is 0.756. The van der Waals surface area contributed by atoms with E-state index in [0.717, 1.165) is 33.4 Å². The molecule has 0 spiro atoms. The van der Waals surface area contributed by atoms with Crippen molar-refractivity contribution < 1.29 is 38.1 Å². The quantitative estimate of drug-likeness (QED) is 0.0305. The number of nitrogens with one attached hydrogen (secondary N) is 4. The monoisotopic (exact) mass is 1510 g/mol. The predicted molar refractivity (Wildman–Crippen MR) is 424 cm³/mol. The number of allylic oxidation sites excluding steroid dienone is 2. The third kappa shape index (κ3) is 19.5. The highest BCUT2D eigenvalue weighted by molar-refractivity contribution is 6.42. The van der Waals surface area contributed by atoms with Crippen molar-refractivity contribution >= 4 is 126 Å². The van der Waals surface area contributed by atoms with E-state index >= 15 is 0 Å². The van der Waals surface area contributed by atoms with Gasteiger partial charge in [-0.2, -0.15) is 9.97 Å². The molecule has 26 heteroatoms. The highest BCUT2D eigenvalue weighted by Gasteiger charge is 2.27. The summed E-state index contributed by atoms with van der Waals surface area (Å²) in [4.78, 5) is 101. The molecule has 0 atom stereocenters. The molecule has 0 aliphatic carbocycles. The van der Waals surface area contributed by atoms with Crippen LogP contribution in [0.25, 0.3) is 44.3 Å². The smallest absolute Gasteiger partial charge is 0.260 e. The molecule has 0 bridgehead atoms. The molecule has 106 heavy (non-hydrogen) atoms. The van der Waals surface area contributed by atoms with Gasteiger partial charge in [-0.3, -0.25) is 37.9 Å². The van der Waals surface area contributed by atoms with E-state index in [2.05, 4.69) is 44.4 Å². The Labute approximate surface area is 633 Å². The van der Waals surface area contributed by atoms with E-state index in [1.807, 2.05) is 131 Å². The van der Waals surface area contributed by atoms with Crippen molar-refractivity contribution in [2.45, 2.75) is 52.6 Å². The lowest BCUT2D eigenvalue weighted by Crippen LogP contribution is -2.24. The van der Waals surface area contributed by atoms with E-state index in [1.165, 1.54) is 52.7 Å². The fraction of sp³-hybridized carbons (Fsp3) is 0.225. The molecule has 10 aromatic rings. The number of halogens is 4. The number of benzene rings is 6. The summed E-state index contributed by atoms with van der Waals surface area (Å²) < 4.78 is 25.0. The maximum Gasteiger partial charge on any atom is 0.260 e. The lowest BCUT2D eigenvalue weighted by atomic mass is 10.0. The molecule has 2 amide bonds. The highest BCUT2D eigenvalue weighted by Crippen LogP contribution is 2.47. The number of pyridine rings is 2. The summed E-state index contributed by atoms with van der Waals surface area (Å²) in [6, 6.07) is 32.5. The van der Waals surface area contributed by atoms with Gasteiger partial charge in [0.15, 0.2) is 11.6 Å². The normalized spacial score (nSPS) is 11.2. The van der Waals surface area contributed by atoms with Gasteiger partial charge in [-0.15, -0.1) is 0 Å². The Morgan fingerprint density at radius 3 is 1.30 bits per heavy atom. The number of fused-ring (bicyclic) bond motifs is 2. The molecule has 0 radical (unpaired) electrons. The van der Waals surface area contributed by atoms with Gasteiger partial charge in [-0.1, -0.05) is 132 Å². The van der Waals surface area contributed by atoms with Crippen LogP contribution < -0.4 is 51.3 Å². The summed E-state index contributed by atoms with van der Waals surface area (Å²) in [5.41, 5.74) is 8.51. The van der Waals surface area contributed by atoms with Crippen LogP contribution in [-0.2, 0) is 58.0 Å². The van der Waals surface area contributed by atoms with Crippen molar-refractivity contribution in [1.82, 2.24) is 38.9 Å². The van der Waals surface area contributed by atoms with Crippen molar-refractivity contribution in [3.63, 3.8) is 0 Å². The van der Waals surface area contributed by atoms with Gasteiger partial charge in [0.05, 0.1) is 59.7 Å². The number of rotatable bonds is 30. The molecule has 22 nitrogen and oxygen atoms in total. The summed E-state index contributed by atoms with van der Waals surface area (Å²) in [7, 11) is 13.5. The number of aryl methyl sites for hydroxylation is 6. The molecular weight excluding hydrogens is 1430 g/mol. The van der Waals surface area contributed by atoms with Crippen molar-refractivity contribution in [3.05, 3.63) is 245 Å². The fourth-order valence-corrected chi connectivity index (χ4v) is 12.9. The number of nitrogens with zero attached hydrogens (tertiary/aromatic N) is 8. The van der Waals surface area contributed by atoms with Gasteiger partial charge >= 0.3 is 0 Å². The summed E-state index contributed by atoms with van der Waals surface area (Å²) in [6.45, 7) is 12.7. The molecule has 548 valence electrons. The van der Waals surface area contributed by atoms with Gasteiger partial charge in [0.25, 0.3) is 11.1 Å². The molecule has 4 heterocycles. The van der Waals surface area contributed by atoms with Gasteiger partial charge in [0.1, 0.15) is 34.3 Å². The Morgan fingerprint density at radius 1 is 0.509 bits per heavy atom. The Kier molecular flexibility index (Phi) is 27.4. The predicted octanol–water partition coefficient (Wildman–Crippen LogP) is 14.9. The first-order chi connectivity index (χ1) is 50.9. The molecular formula is C80H80Cl4N12O10. The van der Waals surface area contributed by atoms with E-state index in [-0.39, 0.29) is 127 Å². The van der Waals surface area contributed by atoms with Crippen molar-refractivity contribution in [3.8, 4) is 45.3 Å². The zero-order valence-electron chi connectivity index (χ0n) is 60.3. The van der Waals surface area contributed by atoms with Crippen LogP contribution in [0.2, 0.25) is 20.1 Å². The zero-order valence-corrected chi connectivity index (χ0v) is 63.3. The van der Waals surface area contributed by atoms with Gasteiger partial charge in [-0.25, -0.2) is 9.97 Å². The number of para-hydroxylation sites is 2. The number of carbonyl (C=O) groups is 4. The average molecular weight is 1510 g/mol. The zero-order chi connectivity index (χ0) is 76.5. The number of ketones is 2. The van der Waals surface area contributed by atoms with Crippen LogP contribution in [0.3, 0.4) is 0 Å². The second-order valence-corrected chi connectivity index (χ2v) is 26.4. The van der Waals surface area contributed by atoms with Gasteiger partial charge in [0.2, 0.25) is 23.7 Å². The number of ether oxygens (including phenoxy) is 4. The second-order valence-electron chi connectivity index (χ2n) is 24.9. The first-order valence-electron chi connectivity index (χ1n) is 33.3. The minimum absolute atomic E-state index is 0.127. The van der Waals surface area contributed by atoms with Gasteiger partial charge < -0.3 is 50.0 Å². The number of methoxy groups -OCH3 is 4. The number of amides is 2. The summed E-state index contributed by atoms with van der Waals surface area (Å²) in [6.07, 6.45) is 13.5. The topological polar surface area (TPSA) is 255 Å². The summed E-state index contributed by atoms with van der Waals surface area (Å²) in [5, 5.41) is 14.0. The van der Waals surface area contributed by atoms with Crippen LogP contribution in [0.4, 0.5) is 34.6 Å². The number of hydrogen-bond donors (Lipinski definition) is 4. The lowest BCUT2D eigenvalue weighted by Gasteiger charge is -2.18. The molecule has 10 rings (SSSR count). The summed E-state index contributed by atoms with van der Waals surface area (Å²) >= 11 is 27.2. The second kappa shape index (κ2) is 36.6. The van der Waals surface area contributed by atoms with Gasteiger partial charge in [-0.05, 0) is 137 Å². The minimum Gasteiger partial charge on any atom is -0.495 e. The van der Waals surface area contributed by atoms with Crippen LogP contribution in [-0.4, -0.2) is 132 Å².